The van der Waals surface area contributed by atoms with Crippen LogP contribution in [0.2, 0.25) is 0 Å². The topological polar surface area (TPSA) is 62.7 Å². The lowest BCUT2D eigenvalue weighted by Crippen LogP contribution is -1.95. The highest BCUT2D eigenvalue weighted by Crippen LogP contribution is 2.32. The lowest BCUT2D eigenvalue weighted by Gasteiger charge is -2.10. The molecule has 0 bridgehead atoms. The average Bonchev–Trinajstić information content (AvgIpc) is 2.65. The SMILES string of the molecule is COc1cc(OC)cc(-c2ncc3c(OC)cc(OC)cc3n2)c1. The maximum absolute atomic E-state index is 5.39. The number of nitrogens with zero attached hydrogens (tertiary/aromatic N) is 2. The quantitative estimate of drug-likeness (QED) is 0.716. The van der Waals surface area contributed by atoms with Crippen LogP contribution in [0.5, 0.6) is 23.0 Å². The summed E-state index contributed by atoms with van der Waals surface area (Å²) >= 11 is 0. The Hall–Kier alpha value is -3.02. The maximum Gasteiger partial charge on any atom is 0.160 e. The Kier molecular flexibility index (Phi) is 4.37. The maximum atomic E-state index is 5.39. The van der Waals surface area contributed by atoms with Crippen LogP contribution in [0.4, 0.5) is 0 Å². The van der Waals surface area contributed by atoms with Crippen LogP contribution < -0.4 is 18.9 Å². The molecule has 0 aliphatic carbocycles. The van der Waals surface area contributed by atoms with E-state index in [0.717, 1.165) is 16.5 Å². The standard InChI is InChI=1S/C18H18N2O4/c1-21-12-5-11(6-13(7-12)22-2)18-19-10-15-16(20-18)8-14(23-3)9-17(15)24-4/h5-10H,1-4H3. The third-order valence-electron chi connectivity index (χ3n) is 3.70. The minimum Gasteiger partial charge on any atom is -0.497 e. The molecule has 24 heavy (non-hydrogen) atoms. The van der Waals surface area contributed by atoms with Crippen LogP contribution in [0.3, 0.4) is 0 Å². The van der Waals surface area contributed by atoms with Crippen molar-refractivity contribution >= 4 is 10.9 Å². The number of hydrogen-bond donors (Lipinski definition) is 0. The van der Waals surface area contributed by atoms with E-state index in [0.29, 0.717) is 28.8 Å². The van der Waals surface area contributed by atoms with Gasteiger partial charge in [-0.2, -0.15) is 0 Å². The van der Waals surface area contributed by atoms with E-state index >= 15 is 0 Å². The minimum atomic E-state index is 0.565. The van der Waals surface area contributed by atoms with Crippen molar-refractivity contribution in [1.29, 1.82) is 0 Å². The van der Waals surface area contributed by atoms with E-state index in [1.807, 2.05) is 18.2 Å². The van der Waals surface area contributed by atoms with Crippen LogP contribution >= 0.6 is 0 Å². The molecule has 1 heterocycles. The number of ether oxygens (including phenoxy) is 4. The predicted octanol–water partition coefficient (Wildman–Crippen LogP) is 3.33. The molecule has 2 aromatic carbocycles. The summed E-state index contributed by atoms with van der Waals surface area (Å²) in [5.74, 6) is 3.26. The Morgan fingerprint density at radius 1 is 0.708 bits per heavy atom. The van der Waals surface area contributed by atoms with E-state index in [2.05, 4.69) is 9.97 Å². The normalized spacial score (nSPS) is 10.5. The van der Waals surface area contributed by atoms with Crippen molar-refractivity contribution in [2.24, 2.45) is 0 Å². The van der Waals surface area contributed by atoms with Crippen molar-refractivity contribution in [3.63, 3.8) is 0 Å². The molecule has 124 valence electrons. The molecule has 0 saturated carbocycles. The zero-order valence-corrected chi connectivity index (χ0v) is 14.0. The van der Waals surface area contributed by atoms with Gasteiger partial charge in [0.15, 0.2) is 5.82 Å². The summed E-state index contributed by atoms with van der Waals surface area (Å²) in [6.07, 6.45) is 1.74. The zero-order chi connectivity index (χ0) is 17.1. The van der Waals surface area contributed by atoms with Gasteiger partial charge >= 0.3 is 0 Å². The summed E-state index contributed by atoms with van der Waals surface area (Å²) in [5, 5.41) is 0.817. The fraction of sp³-hybridized carbons (Fsp3) is 0.222. The number of hydrogen-bond acceptors (Lipinski definition) is 6. The fourth-order valence-corrected chi connectivity index (χ4v) is 2.44. The number of fused-ring (bicyclic) bond motifs is 1. The Balaban J connectivity index is 2.17. The lowest BCUT2D eigenvalue weighted by atomic mass is 10.1. The summed E-state index contributed by atoms with van der Waals surface area (Å²) in [4.78, 5) is 9.08. The van der Waals surface area contributed by atoms with Crippen LogP contribution in [0, 0.1) is 0 Å². The second kappa shape index (κ2) is 6.62. The van der Waals surface area contributed by atoms with Crippen molar-refractivity contribution in [1.82, 2.24) is 9.97 Å². The summed E-state index contributed by atoms with van der Waals surface area (Å²) in [6.45, 7) is 0. The third-order valence-corrected chi connectivity index (χ3v) is 3.70. The second-order valence-electron chi connectivity index (χ2n) is 5.06. The molecule has 0 N–H and O–H groups in total. The molecular weight excluding hydrogens is 308 g/mol. The number of aromatic nitrogens is 2. The molecule has 6 nitrogen and oxygen atoms in total. The van der Waals surface area contributed by atoms with Gasteiger partial charge in [-0.05, 0) is 12.1 Å². The van der Waals surface area contributed by atoms with Crippen LogP contribution in [0.15, 0.2) is 36.5 Å². The van der Waals surface area contributed by atoms with Crippen molar-refractivity contribution in [3.05, 3.63) is 36.5 Å². The highest BCUT2D eigenvalue weighted by Gasteiger charge is 2.11. The van der Waals surface area contributed by atoms with Crippen LogP contribution in [-0.4, -0.2) is 38.4 Å². The first-order valence-corrected chi connectivity index (χ1v) is 7.30. The van der Waals surface area contributed by atoms with Gasteiger partial charge in [-0.15, -0.1) is 0 Å². The second-order valence-corrected chi connectivity index (χ2v) is 5.06. The van der Waals surface area contributed by atoms with Crippen molar-refractivity contribution in [2.45, 2.75) is 0 Å². The lowest BCUT2D eigenvalue weighted by molar-refractivity contribution is 0.394. The molecule has 0 fully saturated rings. The highest BCUT2D eigenvalue weighted by molar-refractivity contribution is 5.87. The molecule has 1 aromatic heterocycles. The number of methoxy groups -OCH3 is 4. The first kappa shape index (κ1) is 15.9. The monoisotopic (exact) mass is 326 g/mol. The average molecular weight is 326 g/mol. The Morgan fingerprint density at radius 3 is 1.92 bits per heavy atom. The van der Waals surface area contributed by atoms with E-state index < -0.39 is 0 Å². The van der Waals surface area contributed by atoms with Gasteiger partial charge < -0.3 is 18.9 Å². The molecule has 0 spiro atoms. The van der Waals surface area contributed by atoms with Crippen molar-refractivity contribution in [3.8, 4) is 34.4 Å². The largest absolute Gasteiger partial charge is 0.497 e. The van der Waals surface area contributed by atoms with E-state index in [4.69, 9.17) is 18.9 Å². The van der Waals surface area contributed by atoms with Crippen LogP contribution in [0.1, 0.15) is 0 Å². The molecular formula is C18H18N2O4. The van der Waals surface area contributed by atoms with Crippen LogP contribution in [-0.2, 0) is 0 Å². The summed E-state index contributed by atoms with van der Waals surface area (Å²) in [7, 11) is 6.43. The summed E-state index contributed by atoms with van der Waals surface area (Å²) < 4.78 is 21.3. The Labute approximate surface area is 140 Å². The first-order chi connectivity index (χ1) is 11.7. The van der Waals surface area contributed by atoms with E-state index in [-0.39, 0.29) is 0 Å². The summed E-state index contributed by atoms with van der Waals surface area (Å²) in [5.41, 5.74) is 1.54. The summed E-state index contributed by atoms with van der Waals surface area (Å²) in [6, 6.07) is 9.18. The van der Waals surface area contributed by atoms with Gasteiger partial charge in [-0.3, -0.25) is 0 Å². The van der Waals surface area contributed by atoms with Gasteiger partial charge in [0.25, 0.3) is 0 Å². The smallest absolute Gasteiger partial charge is 0.160 e. The van der Waals surface area contributed by atoms with Gasteiger partial charge in [0.05, 0.1) is 39.3 Å². The molecule has 0 saturated heterocycles. The van der Waals surface area contributed by atoms with E-state index in [1.165, 1.54) is 0 Å². The third kappa shape index (κ3) is 2.90. The van der Waals surface area contributed by atoms with Gasteiger partial charge in [-0.1, -0.05) is 0 Å². The Morgan fingerprint density at radius 2 is 1.33 bits per heavy atom. The van der Waals surface area contributed by atoms with Crippen molar-refractivity contribution < 1.29 is 18.9 Å². The molecule has 0 unspecified atom stereocenters. The van der Waals surface area contributed by atoms with Crippen molar-refractivity contribution in [2.75, 3.05) is 28.4 Å². The van der Waals surface area contributed by atoms with Gasteiger partial charge in [-0.25, -0.2) is 9.97 Å². The van der Waals surface area contributed by atoms with E-state index in [9.17, 15) is 0 Å². The number of rotatable bonds is 5. The Bertz CT molecular complexity index is 858. The highest BCUT2D eigenvalue weighted by atomic mass is 16.5. The van der Waals surface area contributed by atoms with E-state index in [1.54, 1.807) is 46.8 Å². The molecule has 0 amide bonds. The molecule has 0 atom stereocenters. The number of benzene rings is 2. The van der Waals surface area contributed by atoms with Gasteiger partial charge in [0.2, 0.25) is 0 Å². The molecule has 3 aromatic rings. The van der Waals surface area contributed by atoms with Crippen LogP contribution in [0.25, 0.3) is 22.3 Å². The fourth-order valence-electron chi connectivity index (χ4n) is 2.44. The molecule has 0 aliphatic rings. The first-order valence-electron chi connectivity index (χ1n) is 7.30. The van der Waals surface area contributed by atoms with Gasteiger partial charge in [0.1, 0.15) is 23.0 Å². The predicted molar refractivity (Wildman–Crippen MR) is 91.2 cm³/mol. The molecule has 0 radical (unpaired) electrons. The molecule has 0 aliphatic heterocycles. The molecule has 6 heteroatoms. The minimum absolute atomic E-state index is 0.565. The molecule has 3 rings (SSSR count). The van der Waals surface area contributed by atoms with Gasteiger partial charge in [0, 0.05) is 30.0 Å². The zero-order valence-electron chi connectivity index (χ0n) is 14.0.